The van der Waals surface area contributed by atoms with Gasteiger partial charge in [-0.05, 0) is 41.8 Å². The Balaban J connectivity index is 0.00000240. The second-order valence-electron chi connectivity index (χ2n) is 13.7. The molecule has 4 aromatic carbocycles. The number of aryl methyl sites for hydroxylation is 4. The Labute approximate surface area is 332 Å². The molecule has 0 bridgehead atoms. The summed E-state index contributed by atoms with van der Waals surface area (Å²) in [6, 6.07) is 39.0. The number of nitrogens with zero attached hydrogens (tertiary/aromatic N) is 4. The van der Waals surface area contributed by atoms with Crippen LogP contribution in [0.25, 0.3) is 43.6 Å². The van der Waals surface area contributed by atoms with E-state index >= 15 is 0 Å². The summed E-state index contributed by atoms with van der Waals surface area (Å²) in [5, 5.41) is 5.12. The van der Waals surface area contributed by atoms with Gasteiger partial charge in [-0.3, -0.25) is 0 Å². The molecule has 0 atom stereocenters. The maximum absolute atomic E-state index is 5.64. The van der Waals surface area contributed by atoms with Gasteiger partial charge in [0.15, 0.2) is 12.4 Å². The number of halogens is 2. The molecule has 8 aromatic rings. The van der Waals surface area contributed by atoms with Crippen LogP contribution in [0.2, 0.25) is 0 Å². The summed E-state index contributed by atoms with van der Waals surface area (Å²) >= 11 is 0. The Morgan fingerprint density at radius 1 is 0.491 bits per heavy atom. The molecule has 6 nitrogen and oxygen atoms in total. The van der Waals surface area contributed by atoms with Gasteiger partial charge in [0.05, 0.1) is 25.3 Å². The van der Waals surface area contributed by atoms with Gasteiger partial charge in [-0.2, -0.15) is 0 Å². The van der Waals surface area contributed by atoms with Crippen LogP contribution in [0.15, 0.2) is 122 Å². The Hall–Kier alpha value is -4.66. The molecule has 0 amide bonds. The molecule has 0 aliphatic heterocycles. The van der Waals surface area contributed by atoms with Crippen molar-refractivity contribution in [2.45, 2.75) is 59.3 Å². The zero-order valence-corrected chi connectivity index (χ0v) is 34.0. The van der Waals surface area contributed by atoms with Crippen LogP contribution >= 0.6 is 0 Å². The molecule has 0 spiro atoms. The molecular formula is C45H46Br2N4O2. The van der Waals surface area contributed by atoms with E-state index in [0.717, 1.165) is 56.9 Å². The molecule has 0 N–H and O–H groups in total. The number of hydrogen-bond donors (Lipinski definition) is 0. The fourth-order valence-corrected chi connectivity index (χ4v) is 7.99. The van der Waals surface area contributed by atoms with Crippen molar-refractivity contribution in [1.29, 1.82) is 0 Å². The van der Waals surface area contributed by atoms with Gasteiger partial charge in [0, 0.05) is 85.6 Å². The monoisotopic (exact) mass is 832 g/mol. The third-order valence-electron chi connectivity index (χ3n) is 10.7. The van der Waals surface area contributed by atoms with Crippen LogP contribution in [-0.4, -0.2) is 23.4 Å². The summed E-state index contributed by atoms with van der Waals surface area (Å²) in [5.41, 5.74) is 10.2. The average Bonchev–Trinajstić information content (AvgIpc) is 3.65. The minimum Gasteiger partial charge on any atom is -1.00 e. The molecule has 4 heterocycles. The van der Waals surface area contributed by atoms with Crippen LogP contribution in [0.1, 0.15) is 41.8 Å². The molecule has 0 aliphatic rings. The number of fused-ring (bicyclic) bond motifs is 6. The summed E-state index contributed by atoms with van der Waals surface area (Å²) in [7, 11) is 3.48. The lowest BCUT2D eigenvalue weighted by atomic mass is 10.1. The van der Waals surface area contributed by atoms with Gasteiger partial charge in [0.1, 0.15) is 35.6 Å². The molecule has 53 heavy (non-hydrogen) atoms. The first kappa shape index (κ1) is 38.1. The molecule has 0 aliphatic carbocycles. The highest BCUT2D eigenvalue weighted by molar-refractivity contribution is 6.09. The molecular weight excluding hydrogens is 788 g/mol. The van der Waals surface area contributed by atoms with Gasteiger partial charge < -0.3 is 52.6 Å². The number of benzene rings is 4. The molecule has 0 fully saturated rings. The van der Waals surface area contributed by atoms with E-state index in [1.165, 1.54) is 66.1 Å². The lowest BCUT2D eigenvalue weighted by molar-refractivity contribution is -0.705. The number of ether oxygens (including phenoxy) is 2. The Morgan fingerprint density at radius 3 is 1.30 bits per heavy atom. The number of aromatic nitrogens is 4. The smallest absolute Gasteiger partial charge is 0.202 e. The van der Waals surface area contributed by atoms with Crippen molar-refractivity contribution < 1.29 is 52.6 Å². The van der Waals surface area contributed by atoms with Gasteiger partial charge in [0.25, 0.3) is 0 Å². The Morgan fingerprint density at radius 2 is 0.906 bits per heavy atom. The second kappa shape index (κ2) is 16.6. The number of methoxy groups -OCH3 is 2. The van der Waals surface area contributed by atoms with Crippen molar-refractivity contribution in [3.8, 4) is 11.5 Å². The zero-order chi connectivity index (χ0) is 34.9. The van der Waals surface area contributed by atoms with E-state index < -0.39 is 0 Å². The van der Waals surface area contributed by atoms with Crippen LogP contribution in [-0.2, 0) is 26.2 Å². The van der Waals surface area contributed by atoms with Crippen LogP contribution < -0.4 is 52.6 Å². The molecule has 0 saturated carbocycles. The lowest BCUT2D eigenvalue weighted by Gasteiger charge is -2.10. The highest BCUT2D eigenvalue weighted by Gasteiger charge is 2.22. The topological polar surface area (TPSA) is 36.1 Å². The summed E-state index contributed by atoms with van der Waals surface area (Å²) in [4.78, 5) is 0. The van der Waals surface area contributed by atoms with Gasteiger partial charge in [-0.1, -0.05) is 60.7 Å². The summed E-state index contributed by atoms with van der Waals surface area (Å²) in [5.74, 6) is 1.77. The number of hydrogen-bond acceptors (Lipinski definition) is 2. The van der Waals surface area contributed by atoms with E-state index in [4.69, 9.17) is 9.47 Å². The first-order valence-corrected chi connectivity index (χ1v) is 18.1. The highest BCUT2D eigenvalue weighted by Crippen LogP contribution is 2.34. The quantitative estimate of drug-likeness (QED) is 0.140. The SMILES string of the molecule is COc1ccc2c3cc[n+](CCCCC[n+]4ccc5c6ccc(OC)cc6n(Cc6ccccc6)c5c4C)c(C)c3n(Cc3ccccc3)c2c1.[Br-].[Br-]. The Kier molecular flexibility index (Phi) is 11.9. The normalized spacial score (nSPS) is 11.2. The maximum Gasteiger partial charge on any atom is 0.202 e. The van der Waals surface area contributed by atoms with E-state index in [1.54, 1.807) is 14.2 Å². The van der Waals surface area contributed by atoms with Crippen LogP contribution in [0, 0.1) is 13.8 Å². The lowest BCUT2D eigenvalue weighted by Crippen LogP contribution is -3.00. The van der Waals surface area contributed by atoms with Crippen LogP contribution in [0.4, 0.5) is 0 Å². The summed E-state index contributed by atoms with van der Waals surface area (Å²) in [6.45, 7) is 8.17. The predicted molar refractivity (Wildman–Crippen MR) is 207 cm³/mol. The minimum absolute atomic E-state index is 0. The number of rotatable bonds is 12. The Bertz CT molecular complexity index is 2330. The third kappa shape index (κ3) is 7.32. The van der Waals surface area contributed by atoms with E-state index in [0.29, 0.717) is 0 Å². The molecule has 0 saturated heterocycles. The summed E-state index contributed by atoms with van der Waals surface area (Å²) in [6.07, 6.45) is 7.96. The first-order chi connectivity index (χ1) is 25.0. The zero-order valence-electron chi connectivity index (χ0n) is 30.9. The molecule has 8 heteroatoms. The maximum atomic E-state index is 5.64. The third-order valence-corrected chi connectivity index (χ3v) is 10.7. The first-order valence-electron chi connectivity index (χ1n) is 18.1. The van der Waals surface area contributed by atoms with Crippen LogP contribution in [0.3, 0.4) is 0 Å². The van der Waals surface area contributed by atoms with Gasteiger partial charge in [0.2, 0.25) is 11.4 Å². The molecule has 8 rings (SSSR count). The van der Waals surface area contributed by atoms with Crippen molar-refractivity contribution in [1.82, 2.24) is 9.13 Å². The average molecular weight is 835 g/mol. The van der Waals surface area contributed by atoms with Crippen molar-refractivity contribution in [3.63, 3.8) is 0 Å². The van der Waals surface area contributed by atoms with Crippen LogP contribution in [0.5, 0.6) is 11.5 Å². The number of unbranched alkanes of at least 4 members (excludes halogenated alkanes) is 2. The van der Waals surface area contributed by atoms with Crippen molar-refractivity contribution >= 4 is 43.6 Å². The fourth-order valence-electron chi connectivity index (χ4n) is 7.99. The second-order valence-corrected chi connectivity index (χ2v) is 13.7. The van der Waals surface area contributed by atoms with E-state index in [-0.39, 0.29) is 34.0 Å². The minimum atomic E-state index is 0. The molecule has 0 unspecified atom stereocenters. The van der Waals surface area contributed by atoms with Gasteiger partial charge in [-0.15, -0.1) is 0 Å². The van der Waals surface area contributed by atoms with E-state index in [2.05, 4.69) is 154 Å². The molecule has 272 valence electrons. The van der Waals surface area contributed by atoms with Gasteiger partial charge >= 0.3 is 0 Å². The van der Waals surface area contributed by atoms with Crippen molar-refractivity contribution in [3.05, 3.63) is 144 Å². The highest BCUT2D eigenvalue weighted by atomic mass is 79.9. The molecule has 0 radical (unpaired) electrons. The van der Waals surface area contributed by atoms with Crippen molar-refractivity contribution in [2.75, 3.05) is 14.2 Å². The number of pyridine rings is 2. The molecule has 4 aromatic heterocycles. The standard InChI is InChI=1S/C45H46N4O2.2BrH/c1-32-44-40(38-20-18-36(50-3)28-42(38)48(44)30-34-14-8-5-9-15-34)22-26-46(32)24-12-7-13-25-47-27-23-41-39-21-19-37(51-4)29-43(39)49(45(41)33(47)2)31-35-16-10-6-11-17-35;;/h5-6,8-11,14-23,26-29H,7,12-13,24-25,30-31H2,1-4H3;2*1H/q+2;;/p-2. The van der Waals surface area contributed by atoms with Crippen molar-refractivity contribution in [2.24, 2.45) is 0 Å². The van der Waals surface area contributed by atoms with Gasteiger partial charge in [-0.25, -0.2) is 9.13 Å². The van der Waals surface area contributed by atoms with E-state index in [9.17, 15) is 0 Å². The fraction of sp³-hybridized carbons (Fsp3) is 0.244. The predicted octanol–water partition coefficient (Wildman–Crippen LogP) is 3.09. The van der Waals surface area contributed by atoms with E-state index in [1.807, 2.05) is 0 Å². The largest absolute Gasteiger partial charge is 1.00 e. The summed E-state index contributed by atoms with van der Waals surface area (Å²) < 4.78 is 21.1.